The first-order valence-electron chi connectivity index (χ1n) is 2.76. The van der Waals surface area contributed by atoms with Gasteiger partial charge in [0.25, 0.3) is 0 Å². The SMILES string of the molecule is C=C(C)COP(C)(C)=O. The molecule has 0 N–H and O–H groups in total. The van der Waals surface area contributed by atoms with E-state index in [0.29, 0.717) is 6.61 Å². The van der Waals surface area contributed by atoms with Gasteiger partial charge in [-0.15, -0.1) is 0 Å². The molecule has 3 heteroatoms. The van der Waals surface area contributed by atoms with Crippen molar-refractivity contribution in [3.8, 4) is 0 Å². The van der Waals surface area contributed by atoms with Crippen molar-refractivity contribution in [3.05, 3.63) is 12.2 Å². The molecular weight excluding hydrogens is 135 g/mol. The van der Waals surface area contributed by atoms with E-state index in [2.05, 4.69) is 6.58 Å². The van der Waals surface area contributed by atoms with E-state index < -0.39 is 7.37 Å². The summed E-state index contributed by atoms with van der Waals surface area (Å²) >= 11 is 0. The second-order valence-corrected chi connectivity index (χ2v) is 5.24. The van der Waals surface area contributed by atoms with Crippen LogP contribution in [0, 0.1) is 0 Å². The zero-order chi connectivity index (χ0) is 7.49. The standard InChI is InChI=1S/C6H13O2P/c1-6(2)5-8-9(3,4)7/h1,5H2,2-4H3. The minimum Gasteiger partial charge on any atom is -0.324 e. The molecule has 0 fully saturated rings. The Morgan fingerprint density at radius 2 is 2.11 bits per heavy atom. The molecule has 0 spiro atoms. The van der Waals surface area contributed by atoms with Crippen molar-refractivity contribution in [3.63, 3.8) is 0 Å². The molecule has 54 valence electrons. The molecule has 0 saturated carbocycles. The highest BCUT2D eigenvalue weighted by Gasteiger charge is 2.04. The Morgan fingerprint density at radius 1 is 1.67 bits per heavy atom. The van der Waals surface area contributed by atoms with Crippen LogP contribution in [0.15, 0.2) is 12.2 Å². The summed E-state index contributed by atoms with van der Waals surface area (Å²) in [5.41, 5.74) is 0.902. The molecule has 0 unspecified atom stereocenters. The summed E-state index contributed by atoms with van der Waals surface area (Å²) in [6.45, 7) is 9.05. The molecule has 0 aromatic rings. The quantitative estimate of drug-likeness (QED) is 0.452. The van der Waals surface area contributed by atoms with Gasteiger partial charge in [0.05, 0.1) is 6.61 Å². The third kappa shape index (κ3) is 7.93. The van der Waals surface area contributed by atoms with Crippen LogP contribution in [-0.4, -0.2) is 19.9 Å². The van der Waals surface area contributed by atoms with E-state index in [-0.39, 0.29) is 0 Å². The summed E-state index contributed by atoms with van der Waals surface area (Å²) < 4.78 is 15.8. The van der Waals surface area contributed by atoms with Crippen molar-refractivity contribution < 1.29 is 9.09 Å². The largest absolute Gasteiger partial charge is 0.324 e. The van der Waals surface area contributed by atoms with Gasteiger partial charge in [0, 0.05) is 13.3 Å². The van der Waals surface area contributed by atoms with E-state index in [0.717, 1.165) is 5.57 Å². The van der Waals surface area contributed by atoms with Gasteiger partial charge in [-0.2, -0.15) is 0 Å². The van der Waals surface area contributed by atoms with E-state index in [9.17, 15) is 4.57 Å². The van der Waals surface area contributed by atoms with Crippen LogP contribution >= 0.6 is 7.37 Å². The molecule has 0 aliphatic heterocycles. The Morgan fingerprint density at radius 3 is 2.22 bits per heavy atom. The Bertz CT molecular complexity index is 145. The third-order valence-electron chi connectivity index (χ3n) is 0.622. The zero-order valence-corrected chi connectivity index (χ0v) is 7.07. The summed E-state index contributed by atoms with van der Waals surface area (Å²) in [7, 11) is -2.28. The van der Waals surface area contributed by atoms with Gasteiger partial charge in [-0.25, -0.2) is 0 Å². The lowest BCUT2D eigenvalue weighted by Crippen LogP contribution is -1.90. The molecule has 0 aliphatic carbocycles. The van der Waals surface area contributed by atoms with E-state index in [1.54, 1.807) is 13.3 Å². The van der Waals surface area contributed by atoms with Crippen LogP contribution in [0.25, 0.3) is 0 Å². The van der Waals surface area contributed by atoms with E-state index in [4.69, 9.17) is 4.52 Å². The average Bonchev–Trinajstić information content (AvgIpc) is 1.59. The lowest BCUT2D eigenvalue weighted by molar-refractivity contribution is 0.352. The normalized spacial score (nSPS) is 11.4. The van der Waals surface area contributed by atoms with Gasteiger partial charge < -0.3 is 4.52 Å². The number of hydrogen-bond donors (Lipinski definition) is 0. The average molecular weight is 148 g/mol. The van der Waals surface area contributed by atoms with Crippen LogP contribution in [0.3, 0.4) is 0 Å². The first kappa shape index (κ1) is 8.93. The summed E-state index contributed by atoms with van der Waals surface area (Å²) in [5.74, 6) is 0. The van der Waals surface area contributed by atoms with E-state index in [1.165, 1.54) is 0 Å². The van der Waals surface area contributed by atoms with Crippen LogP contribution in [0.5, 0.6) is 0 Å². The molecule has 0 rings (SSSR count). The maximum Gasteiger partial charge on any atom is 0.197 e. The highest BCUT2D eigenvalue weighted by Crippen LogP contribution is 2.37. The van der Waals surface area contributed by atoms with Gasteiger partial charge in [0.2, 0.25) is 0 Å². The lowest BCUT2D eigenvalue weighted by atomic mass is 10.4. The minimum atomic E-state index is -2.28. The molecule has 0 bridgehead atoms. The zero-order valence-electron chi connectivity index (χ0n) is 6.18. The van der Waals surface area contributed by atoms with E-state index >= 15 is 0 Å². The molecule has 0 saturated heterocycles. The summed E-state index contributed by atoms with van der Waals surface area (Å²) in [4.78, 5) is 0. The highest BCUT2D eigenvalue weighted by atomic mass is 31.2. The van der Waals surface area contributed by atoms with Gasteiger partial charge in [-0.1, -0.05) is 12.2 Å². The first-order valence-corrected chi connectivity index (χ1v) is 5.27. The van der Waals surface area contributed by atoms with E-state index in [1.807, 2.05) is 6.92 Å². The molecule has 0 heterocycles. The molecule has 2 nitrogen and oxygen atoms in total. The van der Waals surface area contributed by atoms with Crippen molar-refractivity contribution >= 4 is 7.37 Å². The van der Waals surface area contributed by atoms with Crippen molar-refractivity contribution in [2.45, 2.75) is 6.92 Å². The van der Waals surface area contributed by atoms with Crippen LogP contribution in [0.2, 0.25) is 0 Å². The molecular formula is C6H13O2P. The molecule has 0 aromatic heterocycles. The molecule has 0 atom stereocenters. The maximum absolute atomic E-state index is 10.9. The number of hydrogen-bond acceptors (Lipinski definition) is 2. The van der Waals surface area contributed by atoms with Gasteiger partial charge in [-0.05, 0) is 6.92 Å². The Hall–Kier alpha value is -0.0700. The topological polar surface area (TPSA) is 26.3 Å². The predicted molar refractivity (Wildman–Crippen MR) is 40.2 cm³/mol. The Labute approximate surface area is 56.4 Å². The van der Waals surface area contributed by atoms with Gasteiger partial charge in [0.15, 0.2) is 7.37 Å². The third-order valence-corrected chi connectivity index (χ3v) is 1.37. The minimum absolute atomic E-state index is 0.407. The maximum atomic E-state index is 10.9. The van der Waals surface area contributed by atoms with Crippen molar-refractivity contribution in [1.29, 1.82) is 0 Å². The molecule has 9 heavy (non-hydrogen) atoms. The fourth-order valence-electron chi connectivity index (χ4n) is 0.266. The van der Waals surface area contributed by atoms with Gasteiger partial charge >= 0.3 is 0 Å². The van der Waals surface area contributed by atoms with Crippen molar-refractivity contribution in [1.82, 2.24) is 0 Å². The fourth-order valence-corrected chi connectivity index (χ4v) is 0.797. The van der Waals surface area contributed by atoms with Gasteiger partial charge in [0.1, 0.15) is 0 Å². The second-order valence-electron chi connectivity index (χ2n) is 2.48. The van der Waals surface area contributed by atoms with Gasteiger partial charge in [-0.3, -0.25) is 4.57 Å². The fraction of sp³-hybridized carbons (Fsp3) is 0.667. The van der Waals surface area contributed by atoms with Crippen LogP contribution < -0.4 is 0 Å². The molecule has 0 radical (unpaired) electrons. The van der Waals surface area contributed by atoms with Crippen molar-refractivity contribution in [2.75, 3.05) is 19.9 Å². The molecule has 0 aliphatic rings. The monoisotopic (exact) mass is 148 g/mol. The second kappa shape index (κ2) is 3.19. The molecule has 0 aromatic carbocycles. The summed E-state index contributed by atoms with van der Waals surface area (Å²) in [5, 5.41) is 0. The van der Waals surface area contributed by atoms with Crippen molar-refractivity contribution in [2.24, 2.45) is 0 Å². The lowest BCUT2D eigenvalue weighted by Gasteiger charge is -2.06. The van der Waals surface area contributed by atoms with Crippen LogP contribution in [0.1, 0.15) is 6.92 Å². The highest BCUT2D eigenvalue weighted by molar-refractivity contribution is 7.57. The first-order chi connectivity index (χ1) is 3.92. The summed E-state index contributed by atoms with van der Waals surface area (Å²) in [6, 6.07) is 0. The van der Waals surface area contributed by atoms with Crippen LogP contribution in [0.4, 0.5) is 0 Å². The molecule has 0 amide bonds. The Kier molecular flexibility index (Phi) is 3.16. The smallest absolute Gasteiger partial charge is 0.197 e. The number of rotatable bonds is 3. The predicted octanol–water partition coefficient (Wildman–Crippen LogP) is 2.12. The summed E-state index contributed by atoms with van der Waals surface area (Å²) in [6.07, 6.45) is 0. The Balaban J connectivity index is 3.53. The van der Waals surface area contributed by atoms with Crippen LogP contribution in [-0.2, 0) is 9.09 Å².